The highest BCUT2D eigenvalue weighted by Crippen LogP contribution is 2.23. The molecule has 0 saturated carbocycles. The summed E-state index contributed by atoms with van der Waals surface area (Å²) in [4.78, 5) is 16.1. The van der Waals surface area contributed by atoms with Crippen molar-refractivity contribution in [3.63, 3.8) is 0 Å². The van der Waals surface area contributed by atoms with Crippen LogP contribution >= 0.6 is 24.8 Å². The number of carbonyl (C=O) groups is 1. The average molecular weight is 388 g/mol. The predicted octanol–water partition coefficient (Wildman–Crippen LogP) is 3.52. The SMILES string of the molecule is CNCC(C)C(=O)Nc1ccc(Oc2ccc(OC)cc2)nc1.Cl.Cl. The smallest absolute Gasteiger partial charge is 0.228 e. The largest absolute Gasteiger partial charge is 0.497 e. The van der Waals surface area contributed by atoms with Crippen LogP contribution in [0.3, 0.4) is 0 Å². The number of nitrogens with zero attached hydrogens (tertiary/aromatic N) is 1. The number of carbonyl (C=O) groups excluding carboxylic acids is 1. The van der Waals surface area contributed by atoms with E-state index in [4.69, 9.17) is 9.47 Å². The van der Waals surface area contributed by atoms with Crippen molar-refractivity contribution in [2.45, 2.75) is 6.92 Å². The summed E-state index contributed by atoms with van der Waals surface area (Å²) in [5.74, 6) is 1.72. The van der Waals surface area contributed by atoms with Gasteiger partial charge in [-0.15, -0.1) is 24.8 Å². The van der Waals surface area contributed by atoms with Crippen LogP contribution in [0, 0.1) is 5.92 Å². The van der Waals surface area contributed by atoms with Gasteiger partial charge in [-0.2, -0.15) is 0 Å². The lowest BCUT2D eigenvalue weighted by Gasteiger charge is -2.11. The number of hydrogen-bond acceptors (Lipinski definition) is 5. The maximum atomic E-state index is 11.9. The van der Waals surface area contributed by atoms with Crippen LogP contribution in [-0.2, 0) is 4.79 Å². The number of anilines is 1. The Morgan fingerprint density at radius 2 is 1.76 bits per heavy atom. The average Bonchev–Trinajstić information content (AvgIpc) is 2.57. The van der Waals surface area contributed by atoms with Gasteiger partial charge in [0.2, 0.25) is 11.8 Å². The Hall–Kier alpha value is -2.02. The Labute approximate surface area is 160 Å². The second kappa shape index (κ2) is 11.5. The maximum Gasteiger partial charge on any atom is 0.228 e. The molecular weight excluding hydrogens is 365 g/mol. The minimum atomic E-state index is -0.116. The number of pyridine rings is 1. The van der Waals surface area contributed by atoms with E-state index in [9.17, 15) is 4.79 Å². The second-order valence-corrected chi connectivity index (χ2v) is 5.11. The van der Waals surface area contributed by atoms with Crippen LogP contribution in [0.1, 0.15) is 6.92 Å². The second-order valence-electron chi connectivity index (χ2n) is 5.11. The van der Waals surface area contributed by atoms with Crippen molar-refractivity contribution in [3.8, 4) is 17.4 Å². The Morgan fingerprint density at radius 1 is 1.12 bits per heavy atom. The number of nitrogens with one attached hydrogen (secondary N) is 2. The topological polar surface area (TPSA) is 72.5 Å². The molecule has 0 aliphatic heterocycles. The summed E-state index contributed by atoms with van der Waals surface area (Å²) >= 11 is 0. The lowest BCUT2D eigenvalue weighted by atomic mass is 10.1. The third-order valence-electron chi connectivity index (χ3n) is 3.24. The summed E-state index contributed by atoms with van der Waals surface area (Å²) in [6.45, 7) is 2.48. The van der Waals surface area contributed by atoms with Gasteiger partial charge in [-0.05, 0) is 37.4 Å². The molecule has 1 heterocycles. The van der Waals surface area contributed by atoms with E-state index in [0.717, 1.165) is 5.75 Å². The van der Waals surface area contributed by atoms with E-state index in [2.05, 4.69) is 15.6 Å². The highest BCUT2D eigenvalue weighted by Gasteiger charge is 2.12. The molecule has 138 valence electrons. The van der Waals surface area contributed by atoms with E-state index < -0.39 is 0 Å². The van der Waals surface area contributed by atoms with Crippen molar-refractivity contribution in [1.82, 2.24) is 10.3 Å². The van der Waals surface area contributed by atoms with Crippen LogP contribution in [0.4, 0.5) is 5.69 Å². The fraction of sp³-hybridized carbons (Fsp3) is 0.294. The first-order valence-electron chi connectivity index (χ1n) is 7.36. The monoisotopic (exact) mass is 387 g/mol. The maximum absolute atomic E-state index is 11.9. The number of amides is 1. The molecule has 0 spiro atoms. The van der Waals surface area contributed by atoms with Crippen LogP contribution < -0.4 is 20.1 Å². The number of hydrogen-bond donors (Lipinski definition) is 2. The van der Waals surface area contributed by atoms with Crippen LogP contribution in [0.25, 0.3) is 0 Å². The zero-order valence-electron chi connectivity index (χ0n) is 14.3. The molecule has 0 aliphatic carbocycles. The van der Waals surface area contributed by atoms with Gasteiger partial charge in [0.25, 0.3) is 0 Å². The molecule has 1 unspecified atom stereocenters. The zero-order valence-corrected chi connectivity index (χ0v) is 15.9. The summed E-state index contributed by atoms with van der Waals surface area (Å²) in [5.41, 5.74) is 0.639. The third kappa shape index (κ3) is 7.17. The van der Waals surface area contributed by atoms with Crippen molar-refractivity contribution in [3.05, 3.63) is 42.6 Å². The molecule has 0 aliphatic rings. The zero-order chi connectivity index (χ0) is 16.7. The van der Waals surface area contributed by atoms with Crippen molar-refractivity contribution < 1.29 is 14.3 Å². The van der Waals surface area contributed by atoms with Crippen LogP contribution in [0.5, 0.6) is 17.4 Å². The predicted molar refractivity (Wildman–Crippen MR) is 104 cm³/mol. The lowest BCUT2D eigenvalue weighted by molar-refractivity contribution is -0.119. The Morgan fingerprint density at radius 3 is 2.28 bits per heavy atom. The van der Waals surface area contributed by atoms with Crippen molar-refractivity contribution in [2.24, 2.45) is 5.92 Å². The summed E-state index contributed by atoms with van der Waals surface area (Å²) in [6, 6.07) is 10.7. The first-order chi connectivity index (χ1) is 11.1. The number of benzene rings is 1. The molecule has 2 N–H and O–H groups in total. The Kier molecular flexibility index (Phi) is 10.6. The molecule has 1 aromatic heterocycles. The van der Waals surface area contributed by atoms with E-state index in [1.807, 2.05) is 26.1 Å². The van der Waals surface area contributed by atoms with E-state index in [0.29, 0.717) is 23.9 Å². The van der Waals surface area contributed by atoms with Gasteiger partial charge < -0.3 is 20.1 Å². The molecule has 25 heavy (non-hydrogen) atoms. The molecule has 2 rings (SSSR count). The first-order valence-corrected chi connectivity index (χ1v) is 7.36. The summed E-state index contributed by atoms with van der Waals surface area (Å²) in [5, 5.41) is 5.79. The lowest BCUT2D eigenvalue weighted by Crippen LogP contribution is -2.28. The number of ether oxygens (including phenoxy) is 2. The first kappa shape index (κ1) is 23.0. The normalized spacial score (nSPS) is 10.7. The number of halogens is 2. The van der Waals surface area contributed by atoms with Crippen LogP contribution in [0.15, 0.2) is 42.6 Å². The summed E-state index contributed by atoms with van der Waals surface area (Å²) in [7, 11) is 3.43. The van der Waals surface area contributed by atoms with E-state index in [-0.39, 0.29) is 36.6 Å². The minimum Gasteiger partial charge on any atom is -0.497 e. The molecule has 0 saturated heterocycles. The molecule has 1 atom stereocenters. The summed E-state index contributed by atoms with van der Waals surface area (Å²) in [6.07, 6.45) is 1.57. The molecule has 0 bridgehead atoms. The van der Waals surface area contributed by atoms with E-state index in [1.165, 1.54) is 0 Å². The van der Waals surface area contributed by atoms with E-state index >= 15 is 0 Å². The molecule has 0 fully saturated rings. The Bertz CT molecular complexity index is 637. The highest BCUT2D eigenvalue weighted by molar-refractivity contribution is 5.92. The molecule has 0 radical (unpaired) electrons. The number of aromatic nitrogens is 1. The van der Waals surface area contributed by atoms with Gasteiger partial charge >= 0.3 is 0 Å². The number of methoxy groups -OCH3 is 1. The molecule has 1 amide bonds. The molecule has 8 heteroatoms. The van der Waals surface area contributed by atoms with E-state index in [1.54, 1.807) is 37.6 Å². The van der Waals surface area contributed by atoms with Gasteiger partial charge in [0.1, 0.15) is 11.5 Å². The van der Waals surface area contributed by atoms with Gasteiger partial charge in [0.05, 0.1) is 19.0 Å². The minimum absolute atomic E-state index is 0. The molecule has 1 aromatic carbocycles. The quantitative estimate of drug-likeness (QED) is 0.760. The fourth-order valence-electron chi connectivity index (χ4n) is 1.94. The third-order valence-corrected chi connectivity index (χ3v) is 3.24. The van der Waals surface area contributed by atoms with Gasteiger partial charge in [-0.25, -0.2) is 4.98 Å². The Balaban J connectivity index is 0.00000288. The van der Waals surface area contributed by atoms with Gasteiger partial charge in [-0.3, -0.25) is 4.79 Å². The fourth-order valence-corrected chi connectivity index (χ4v) is 1.94. The van der Waals surface area contributed by atoms with Crippen LogP contribution in [-0.4, -0.2) is 31.6 Å². The highest BCUT2D eigenvalue weighted by atomic mass is 35.5. The van der Waals surface area contributed by atoms with Crippen molar-refractivity contribution >= 4 is 36.4 Å². The molecule has 6 nitrogen and oxygen atoms in total. The molecule has 2 aromatic rings. The standard InChI is InChI=1S/C17H21N3O3.2ClH/c1-12(10-18-2)17(21)20-13-4-9-16(19-11-13)23-15-7-5-14(22-3)6-8-15;;/h4-9,11-12,18H,10H2,1-3H3,(H,20,21);2*1H. The van der Waals surface area contributed by atoms with Gasteiger partial charge in [0, 0.05) is 18.5 Å². The van der Waals surface area contributed by atoms with Crippen molar-refractivity contribution in [1.29, 1.82) is 0 Å². The molecular formula is C17H23Cl2N3O3. The number of rotatable bonds is 7. The van der Waals surface area contributed by atoms with Gasteiger partial charge in [-0.1, -0.05) is 6.92 Å². The summed E-state index contributed by atoms with van der Waals surface area (Å²) < 4.78 is 10.7. The van der Waals surface area contributed by atoms with Crippen molar-refractivity contribution in [2.75, 3.05) is 26.0 Å². The van der Waals surface area contributed by atoms with Crippen LogP contribution in [0.2, 0.25) is 0 Å². The van der Waals surface area contributed by atoms with Gasteiger partial charge in [0.15, 0.2) is 0 Å².